The van der Waals surface area contributed by atoms with Crippen molar-refractivity contribution < 1.29 is 4.74 Å². The van der Waals surface area contributed by atoms with E-state index in [1.807, 2.05) is 0 Å². The minimum atomic E-state index is 0.480. The molecule has 1 N–H and O–H groups in total. The van der Waals surface area contributed by atoms with Gasteiger partial charge in [0, 0.05) is 19.2 Å². The first-order chi connectivity index (χ1) is 6.72. The second-order valence-electron chi connectivity index (χ2n) is 4.31. The van der Waals surface area contributed by atoms with Gasteiger partial charge in [0.2, 0.25) is 0 Å². The standard InChI is InChI=1S/C12H23NO/c1-4-12-9-11(6-8-14-12)13-7-5-10(2)3/h5,11-13H,4,6-9H2,1-3H3. The van der Waals surface area contributed by atoms with Crippen LogP contribution in [0.2, 0.25) is 0 Å². The summed E-state index contributed by atoms with van der Waals surface area (Å²) in [5.74, 6) is 0. The van der Waals surface area contributed by atoms with E-state index in [0.29, 0.717) is 12.1 Å². The van der Waals surface area contributed by atoms with Gasteiger partial charge in [-0.25, -0.2) is 0 Å². The van der Waals surface area contributed by atoms with E-state index in [0.717, 1.165) is 26.0 Å². The fourth-order valence-electron chi connectivity index (χ4n) is 1.78. The van der Waals surface area contributed by atoms with Crippen LogP contribution in [0.15, 0.2) is 11.6 Å². The van der Waals surface area contributed by atoms with Crippen LogP contribution < -0.4 is 5.32 Å². The Morgan fingerprint density at radius 2 is 2.29 bits per heavy atom. The van der Waals surface area contributed by atoms with Crippen LogP contribution in [0, 0.1) is 0 Å². The largest absolute Gasteiger partial charge is 0.378 e. The molecule has 1 fully saturated rings. The highest BCUT2D eigenvalue weighted by atomic mass is 16.5. The zero-order valence-electron chi connectivity index (χ0n) is 9.68. The third kappa shape index (κ3) is 4.25. The van der Waals surface area contributed by atoms with Crippen molar-refractivity contribution in [2.75, 3.05) is 13.2 Å². The Bertz CT molecular complexity index is 185. The molecule has 0 amide bonds. The van der Waals surface area contributed by atoms with Gasteiger partial charge in [-0.2, -0.15) is 0 Å². The Balaban J connectivity index is 2.20. The van der Waals surface area contributed by atoms with E-state index in [1.165, 1.54) is 12.0 Å². The molecule has 0 radical (unpaired) electrons. The molecule has 14 heavy (non-hydrogen) atoms. The molecule has 0 saturated carbocycles. The van der Waals surface area contributed by atoms with Crippen molar-refractivity contribution in [2.45, 2.75) is 52.2 Å². The highest BCUT2D eigenvalue weighted by molar-refractivity contribution is 4.95. The third-order valence-electron chi connectivity index (χ3n) is 2.74. The molecule has 2 unspecified atom stereocenters. The molecular weight excluding hydrogens is 174 g/mol. The van der Waals surface area contributed by atoms with Gasteiger partial charge in [0.1, 0.15) is 0 Å². The van der Waals surface area contributed by atoms with Crippen LogP contribution in [0.3, 0.4) is 0 Å². The summed E-state index contributed by atoms with van der Waals surface area (Å²) in [7, 11) is 0. The van der Waals surface area contributed by atoms with Gasteiger partial charge in [-0.1, -0.05) is 18.6 Å². The van der Waals surface area contributed by atoms with E-state index in [-0.39, 0.29) is 0 Å². The van der Waals surface area contributed by atoms with Gasteiger partial charge in [0.25, 0.3) is 0 Å². The number of ether oxygens (including phenoxy) is 1. The first kappa shape index (κ1) is 11.7. The second-order valence-corrected chi connectivity index (χ2v) is 4.31. The molecular formula is C12H23NO. The smallest absolute Gasteiger partial charge is 0.0587 e. The van der Waals surface area contributed by atoms with Crippen LogP contribution in [-0.2, 0) is 4.74 Å². The highest BCUT2D eigenvalue weighted by Crippen LogP contribution is 2.15. The van der Waals surface area contributed by atoms with Crippen molar-refractivity contribution in [1.82, 2.24) is 5.32 Å². The molecule has 1 aliphatic rings. The molecule has 0 spiro atoms. The summed E-state index contributed by atoms with van der Waals surface area (Å²) in [4.78, 5) is 0. The van der Waals surface area contributed by atoms with Crippen molar-refractivity contribution in [1.29, 1.82) is 0 Å². The number of rotatable bonds is 4. The molecule has 1 rings (SSSR count). The van der Waals surface area contributed by atoms with Gasteiger partial charge in [-0.05, 0) is 33.1 Å². The average molecular weight is 197 g/mol. The van der Waals surface area contributed by atoms with E-state index in [9.17, 15) is 0 Å². The molecule has 2 nitrogen and oxygen atoms in total. The highest BCUT2D eigenvalue weighted by Gasteiger charge is 2.19. The number of hydrogen-bond donors (Lipinski definition) is 1. The molecule has 2 heteroatoms. The monoisotopic (exact) mass is 197 g/mol. The molecule has 0 bridgehead atoms. The van der Waals surface area contributed by atoms with Crippen LogP contribution in [-0.4, -0.2) is 25.3 Å². The molecule has 0 aliphatic carbocycles. The van der Waals surface area contributed by atoms with E-state index >= 15 is 0 Å². The van der Waals surface area contributed by atoms with Gasteiger partial charge >= 0.3 is 0 Å². The SMILES string of the molecule is CCC1CC(NCC=C(C)C)CCO1. The molecule has 1 aliphatic heterocycles. The maximum Gasteiger partial charge on any atom is 0.0587 e. The van der Waals surface area contributed by atoms with Gasteiger partial charge < -0.3 is 10.1 Å². The summed E-state index contributed by atoms with van der Waals surface area (Å²) in [6.07, 6.45) is 6.20. The van der Waals surface area contributed by atoms with Crippen LogP contribution in [0.4, 0.5) is 0 Å². The lowest BCUT2D eigenvalue weighted by Gasteiger charge is -2.29. The number of allylic oxidation sites excluding steroid dienone is 1. The van der Waals surface area contributed by atoms with Gasteiger partial charge in [-0.15, -0.1) is 0 Å². The Morgan fingerprint density at radius 3 is 2.93 bits per heavy atom. The Kier molecular flexibility index (Phi) is 5.20. The fraction of sp³-hybridized carbons (Fsp3) is 0.833. The quantitative estimate of drug-likeness (QED) is 0.699. The zero-order chi connectivity index (χ0) is 10.4. The predicted octanol–water partition coefficient (Wildman–Crippen LogP) is 2.50. The summed E-state index contributed by atoms with van der Waals surface area (Å²) in [6, 6.07) is 0.657. The average Bonchev–Trinajstić information content (AvgIpc) is 2.18. The maximum absolute atomic E-state index is 5.63. The van der Waals surface area contributed by atoms with Gasteiger partial charge in [0.15, 0.2) is 0 Å². The number of nitrogens with one attached hydrogen (secondary N) is 1. The lowest BCUT2D eigenvalue weighted by molar-refractivity contribution is 0.000570. The number of hydrogen-bond acceptors (Lipinski definition) is 2. The predicted molar refractivity (Wildman–Crippen MR) is 60.5 cm³/mol. The van der Waals surface area contributed by atoms with Crippen molar-refractivity contribution in [3.05, 3.63) is 11.6 Å². The molecule has 0 aromatic heterocycles. The molecule has 0 aromatic carbocycles. The zero-order valence-corrected chi connectivity index (χ0v) is 9.68. The minimum Gasteiger partial charge on any atom is -0.378 e. The topological polar surface area (TPSA) is 21.3 Å². The Labute approximate surface area is 87.7 Å². The van der Waals surface area contributed by atoms with Crippen molar-refractivity contribution in [2.24, 2.45) is 0 Å². The first-order valence-corrected chi connectivity index (χ1v) is 5.70. The van der Waals surface area contributed by atoms with E-state index < -0.39 is 0 Å². The molecule has 82 valence electrons. The summed E-state index contributed by atoms with van der Waals surface area (Å²) >= 11 is 0. The molecule has 1 saturated heterocycles. The summed E-state index contributed by atoms with van der Waals surface area (Å²) in [6.45, 7) is 8.40. The summed E-state index contributed by atoms with van der Waals surface area (Å²) < 4.78 is 5.63. The molecule has 1 heterocycles. The molecule has 0 aromatic rings. The summed E-state index contributed by atoms with van der Waals surface area (Å²) in [5, 5.41) is 3.56. The Hall–Kier alpha value is -0.340. The summed E-state index contributed by atoms with van der Waals surface area (Å²) in [5.41, 5.74) is 1.39. The second kappa shape index (κ2) is 6.20. The minimum absolute atomic E-state index is 0.480. The van der Waals surface area contributed by atoms with Crippen molar-refractivity contribution >= 4 is 0 Å². The molecule has 2 atom stereocenters. The lowest BCUT2D eigenvalue weighted by Crippen LogP contribution is -2.38. The third-order valence-corrected chi connectivity index (χ3v) is 2.74. The van der Waals surface area contributed by atoms with Gasteiger partial charge in [-0.3, -0.25) is 0 Å². The lowest BCUT2D eigenvalue weighted by atomic mass is 10.0. The fourth-order valence-corrected chi connectivity index (χ4v) is 1.78. The van der Waals surface area contributed by atoms with E-state index in [1.54, 1.807) is 0 Å². The Morgan fingerprint density at radius 1 is 1.50 bits per heavy atom. The van der Waals surface area contributed by atoms with Crippen LogP contribution in [0.1, 0.15) is 40.0 Å². The first-order valence-electron chi connectivity index (χ1n) is 5.70. The normalized spacial score (nSPS) is 27.4. The maximum atomic E-state index is 5.63. The van der Waals surface area contributed by atoms with E-state index in [4.69, 9.17) is 4.74 Å². The van der Waals surface area contributed by atoms with Crippen LogP contribution in [0.25, 0.3) is 0 Å². The van der Waals surface area contributed by atoms with Crippen LogP contribution in [0.5, 0.6) is 0 Å². The van der Waals surface area contributed by atoms with Crippen molar-refractivity contribution in [3.8, 4) is 0 Å². The van der Waals surface area contributed by atoms with Crippen molar-refractivity contribution in [3.63, 3.8) is 0 Å². The van der Waals surface area contributed by atoms with E-state index in [2.05, 4.69) is 32.2 Å². The van der Waals surface area contributed by atoms with Gasteiger partial charge in [0.05, 0.1) is 6.10 Å². The van der Waals surface area contributed by atoms with Crippen LogP contribution >= 0.6 is 0 Å².